The van der Waals surface area contributed by atoms with Crippen molar-refractivity contribution in [2.45, 2.75) is 33.5 Å². The van der Waals surface area contributed by atoms with Gasteiger partial charge in [-0.1, -0.05) is 11.2 Å². The Bertz CT molecular complexity index is 975. The molecule has 0 aliphatic carbocycles. The number of piperazine rings is 1. The van der Waals surface area contributed by atoms with Crippen molar-refractivity contribution in [1.29, 1.82) is 0 Å². The minimum Gasteiger partial charge on any atom is -0.361 e. The van der Waals surface area contributed by atoms with Crippen molar-refractivity contribution in [3.63, 3.8) is 0 Å². The second kappa shape index (κ2) is 11.0. The van der Waals surface area contributed by atoms with Crippen LogP contribution in [-0.4, -0.2) is 61.9 Å². The second-order valence-electron chi connectivity index (χ2n) is 7.49. The molecule has 0 spiro atoms. The van der Waals surface area contributed by atoms with E-state index in [1.807, 2.05) is 31.5 Å². The Hall–Kier alpha value is -1.99. The van der Waals surface area contributed by atoms with Gasteiger partial charge in [-0.25, -0.2) is 4.99 Å². The number of hydrogen-bond acceptors (Lipinski definition) is 7. The normalized spacial score (nSPS) is 15.2. The molecule has 168 valence electrons. The predicted octanol–water partition coefficient (Wildman–Crippen LogP) is 2.56. The van der Waals surface area contributed by atoms with Gasteiger partial charge in [0.2, 0.25) is 0 Å². The van der Waals surface area contributed by atoms with E-state index in [-0.39, 0.29) is 24.0 Å². The second-order valence-corrected chi connectivity index (χ2v) is 8.52. The van der Waals surface area contributed by atoms with Gasteiger partial charge in [0.25, 0.3) is 0 Å². The van der Waals surface area contributed by atoms with E-state index in [4.69, 9.17) is 9.52 Å². The van der Waals surface area contributed by atoms with Crippen LogP contribution in [0.2, 0.25) is 0 Å². The van der Waals surface area contributed by atoms with Crippen LogP contribution in [0.4, 0.5) is 0 Å². The Kier molecular flexibility index (Phi) is 8.43. The fourth-order valence-electron chi connectivity index (χ4n) is 3.42. The lowest BCUT2D eigenvalue weighted by Gasteiger charge is -2.36. The van der Waals surface area contributed by atoms with E-state index in [0.29, 0.717) is 6.54 Å². The Morgan fingerprint density at radius 2 is 2.03 bits per heavy atom. The molecule has 0 radical (unpaired) electrons. The molecule has 4 rings (SSSR count). The Balaban J connectivity index is 0.00000272. The van der Waals surface area contributed by atoms with Gasteiger partial charge >= 0.3 is 0 Å². The molecule has 0 saturated carbocycles. The smallest absolute Gasteiger partial charge is 0.194 e. The zero-order valence-electron chi connectivity index (χ0n) is 18.1. The van der Waals surface area contributed by atoms with Gasteiger partial charge < -0.3 is 19.3 Å². The van der Waals surface area contributed by atoms with Crippen LogP contribution in [0.3, 0.4) is 0 Å². The molecule has 1 saturated heterocycles. The molecule has 4 heterocycles. The molecule has 1 N–H and O–H groups in total. The van der Waals surface area contributed by atoms with Crippen LogP contribution in [0.15, 0.2) is 33.1 Å². The zero-order chi connectivity index (χ0) is 20.9. The maximum absolute atomic E-state index is 5.19. The van der Waals surface area contributed by atoms with Crippen molar-refractivity contribution < 1.29 is 4.52 Å². The summed E-state index contributed by atoms with van der Waals surface area (Å²) < 4.78 is 7.17. The van der Waals surface area contributed by atoms with Gasteiger partial charge in [0.05, 0.1) is 12.2 Å². The van der Waals surface area contributed by atoms with Crippen LogP contribution in [-0.2, 0) is 26.7 Å². The summed E-state index contributed by atoms with van der Waals surface area (Å²) in [6.07, 6.45) is 0. The van der Waals surface area contributed by atoms with E-state index in [9.17, 15) is 0 Å². The molecule has 0 unspecified atom stereocenters. The summed E-state index contributed by atoms with van der Waals surface area (Å²) in [5, 5.41) is 18.1. The highest BCUT2D eigenvalue weighted by atomic mass is 127. The quantitative estimate of drug-likeness (QED) is 0.284. The number of nitrogens with zero attached hydrogens (tertiary/aromatic N) is 7. The topological polar surface area (TPSA) is 87.6 Å². The minimum absolute atomic E-state index is 0. The molecule has 31 heavy (non-hydrogen) atoms. The molecule has 0 bridgehead atoms. The molecule has 1 fully saturated rings. The average molecular weight is 556 g/mol. The van der Waals surface area contributed by atoms with Crippen LogP contribution in [0.1, 0.15) is 28.0 Å². The summed E-state index contributed by atoms with van der Waals surface area (Å²) in [5.74, 6) is 3.53. The Morgan fingerprint density at radius 3 is 2.65 bits per heavy atom. The molecular weight excluding hydrogens is 527 g/mol. The molecule has 1 aliphatic heterocycles. The van der Waals surface area contributed by atoms with Crippen LogP contribution in [0.5, 0.6) is 0 Å². The van der Waals surface area contributed by atoms with E-state index < -0.39 is 0 Å². The molecule has 3 aromatic heterocycles. The van der Waals surface area contributed by atoms with Gasteiger partial charge in [0.15, 0.2) is 11.8 Å². The Labute approximate surface area is 203 Å². The van der Waals surface area contributed by atoms with E-state index in [2.05, 4.69) is 48.0 Å². The maximum Gasteiger partial charge on any atom is 0.194 e. The molecule has 9 nitrogen and oxygen atoms in total. The third-order valence-electron chi connectivity index (χ3n) is 5.29. The Morgan fingerprint density at radius 1 is 1.23 bits per heavy atom. The van der Waals surface area contributed by atoms with Crippen molar-refractivity contribution in [1.82, 2.24) is 35.0 Å². The zero-order valence-corrected chi connectivity index (χ0v) is 21.3. The summed E-state index contributed by atoms with van der Waals surface area (Å²) in [5.41, 5.74) is 0.989. The van der Waals surface area contributed by atoms with Gasteiger partial charge in [-0.3, -0.25) is 4.90 Å². The van der Waals surface area contributed by atoms with Gasteiger partial charge in [-0.2, -0.15) is 0 Å². The number of aliphatic imine (C=N–C) groups is 1. The fourth-order valence-corrected chi connectivity index (χ4v) is 4.07. The number of aryl methyl sites for hydroxylation is 2. The van der Waals surface area contributed by atoms with Crippen molar-refractivity contribution in [3.8, 4) is 0 Å². The highest BCUT2D eigenvalue weighted by Crippen LogP contribution is 2.11. The molecule has 11 heteroatoms. The highest BCUT2D eigenvalue weighted by molar-refractivity contribution is 14.0. The molecule has 1 aliphatic rings. The van der Waals surface area contributed by atoms with Crippen LogP contribution < -0.4 is 5.32 Å². The summed E-state index contributed by atoms with van der Waals surface area (Å²) >= 11 is 1.75. The monoisotopic (exact) mass is 556 g/mol. The first-order valence-corrected chi connectivity index (χ1v) is 11.0. The number of rotatable bonds is 6. The average Bonchev–Trinajstić information content (AvgIpc) is 3.48. The standard InChI is InChI=1S/C20H28N8OS.HI/c1-15-11-17(25-29-15)14-27-6-8-28(9-7-27)20(21-12-18-5-4-10-30-18)22-13-19-24-23-16(2)26(19)3;/h4-5,10-11H,6-9,12-14H2,1-3H3,(H,21,22);1H. The van der Waals surface area contributed by atoms with E-state index in [0.717, 1.165) is 68.3 Å². The molecule has 0 aromatic carbocycles. The van der Waals surface area contributed by atoms with Crippen molar-refractivity contribution in [2.24, 2.45) is 12.0 Å². The number of thiophene rings is 1. The lowest BCUT2D eigenvalue weighted by molar-refractivity contribution is 0.168. The lowest BCUT2D eigenvalue weighted by Crippen LogP contribution is -2.52. The first-order valence-electron chi connectivity index (χ1n) is 10.1. The van der Waals surface area contributed by atoms with Crippen molar-refractivity contribution >= 4 is 41.3 Å². The number of nitrogens with one attached hydrogen (secondary N) is 1. The molecule has 3 aromatic rings. The van der Waals surface area contributed by atoms with Gasteiger partial charge in [0.1, 0.15) is 18.1 Å². The van der Waals surface area contributed by atoms with Crippen LogP contribution >= 0.6 is 35.3 Å². The van der Waals surface area contributed by atoms with E-state index in [1.54, 1.807) is 11.3 Å². The fraction of sp³-hybridized carbons (Fsp3) is 0.500. The minimum atomic E-state index is 0. The summed E-state index contributed by atoms with van der Waals surface area (Å²) in [6.45, 7) is 9.69. The van der Waals surface area contributed by atoms with Crippen LogP contribution in [0, 0.1) is 13.8 Å². The number of halogens is 1. The van der Waals surface area contributed by atoms with E-state index in [1.165, 1.54) is 4.88 Å². The summed E-state index contributed by atoms with van der Waals surface area (Å²) in [7, 11) is 1.98. The third-order valence-corrected chi connectivity index (χ3v) is 6.16. The summed E-state index contributed by atoms with van der Waals surface area (Å²) in [4.78, 5) is 10.9. The molecule has 0 amide bonds. The number of aromatic nitrogens is 4. The van der Waals surface area contributed by atoms with Crippen molar-refractivity contribution in [2.75, 3.05) is 26.2 Å². The van der Waals surface area contributed by atoms with Crippen molar-refractivity contribution in [3.05, 3.63) is 51.6 Å². The van der Waals surface area contributed by atoms with E-state index >= 15 is 0 Å². The predicted molar refractivity (Wildman–Crippen MR) is 132 cm³/mol. The lowest BCUT2D eigenvalue weighted by atomic mass is 10.3. The first-order chi connectivity index (χ1) is 14.6. The highest BCUT2D eigenvalue weighted by Gasteiger charge is 2.21. The largest absolute Gasteiger partial charge is 0.361 e. The van der Waals surface area contributed by atoms with Gasteiger partial charge in [-0.05, 0) is 25.3 Å². The SMILES string of the molecule is Cc1cc(CN2CCN(C(=NCc3nnc(C)n3C)NCc3cccs3)CC2)no1.I. The third kappa shape index (κ3) is 6.26. The van der Waals surface area contributed by atoms with Gasteiger partial charge in [0, 0.05) is 50.7 Å². The molecular formula is C20H29IN8OS. The maximum atomic E-state index is 5.19. The van der Waals surface area contributed by atoms with Crippen LogP contribution in [0.25, 0.3) is 0 Å². The first kappa shape index (κ1) is 23.7. The number of hydrogen-bond donors (Lipinski definition) is 1. The van der Waals surface area contributed by atoms with Gasteiger partial charge in [-0.15, -0.1) is 45.5 Å². The summed E-state index contributed by atoms with van der Waals surface area (Å²) in [6, 6.07) is 6.22. The number of guanidine groups is 1. The molecule has 0 atom stereocenters.